The van der Waals surface area contributed by atoms with Crippen LogP contribution in [0.5, 0.6) is 0 Å². The summed E-state index contributed by atoms with van der Waals surface area (Å²) in [4.78, 5) is 0. The fourth-order valence-electron chi connectivity index (χ4n) is 0. The fourth-order valence-corrected chi connectivity index (χ4v) is 0. The third kappa shape index (κ3) is 52.3. The van der Waals surface area contributed by atoms with Gasteiger partial charge in [-0.3, -0.25) is 0 Å². The van der Waals surface area contributed by atoms with Crippen molar-refractivity contribution in [1.29, 1.82) is 0 Å². The van der Waals surface area contributed by atoms with Crippen LogP contribution in [-0.2, 0) is 10.6 Å². The summed E-state index contributed by atoms with van der Waals surface area (Å²) < 4.78 is 25.3. The summed E-state index contributed by atoms with van der Waals surface area (Å²) in [6.45, 7) is 0. The topological polar surface area (TPSA) is 51.2 Å². The van der Waals surface area contributed by atoms with Gasteiger partial charge in [-0.25, -0.2) is 0 Å². The average molecular weight is 122 g/mol. The Balaban J connectivity index is 0. The number of rotatable bonds is 0. The zero-order valence-electron chi connectivity index (χ0n) is 1.63. The Morgan fingerprint density at radius 2 is 1.00 bits per heavy atom. The molecule has 0 radical (unpaired) electrons. The maximum absolute atomic E-state index is 8.44. The van der Waals surface area contributed by atoms with Gasteiger partial charge in [0.15, 0.2) is 0 Å². The molecule has 0 aromatic rings. The van der Waals surface area contributed by atoms with Gasteiger partial charge in [0, 0.05) is 0 Å². The zero-order valence-corrected chi connectivity index (χ0v) is 2.45. The minimum absolute atomic E-state index is 0. The normalized spacial score (nSPS) is 4.80. The first-order valence-electron chi connectivity index (χ1n) is 0.500. The zero-order chi connectivity index (χ0) is 3.58. The Kier molecular flexibility index (Phi) is 9.08. The molecule has 3 nitrogen and oxygen atoms in total. The first-order valence-corrected chi connectivity index (χ1v) is 1.50. The molecule has 0 spiro atoms. The molecule has 0 saturated heterocycles. The van der Waals surface area contributed by atoms with Crippen LogP contribution < -0.4 is 0 Å². The Morgan fingerprint density at radius 3 is 1.00 bits per heavy atom. The maximum atomic E-state index is 8.44. The standard InChI is InChI=1S/Ca.O3S.2H/c;1-4(2)3;;. The van der Waals surface area contributed by atoms with E-state index in [1.165, 1.54) is 0 Å². The van der Waals surface area contributed by atoms with E-state index < -0.39 is 10.6 Å². The molecule has 0 N–H and O–H groups in total. The molecule has 0 atom stereocenters. The van der Waals surface area contributed by atoms with Crippen LogP contribution in [0.3, 0.4) is 0 Å². The van der Waals surface area contributed by atoms with Crippen molar-refractivity contribution in [3.05, 3.63) is 0 Å². The quantitative estimate of drug-likeness (QED) is 0.352. The van der Waals surface area contributed by atoms with E-state index >= 15 is 0 Å². The summed E-state index contributed by atoms with van der Waals surface area (Å²) in [5.41, 5.74) is 0. The second-order valence-electron chi connectivity index (χ2n) is 0.204. The second-order valence-corrected chi connectivity index (χ2v) is 0.612. The average Bonchev–Trinajstić information content (AvgIpc) is 0.811. The molecule has 0 fully saturated rings. The molecule has 0 aliphatic carbocycles. The molecule has 0 saturated carbocycles. The first kappa shape index (κ1) is 9.30. The van der Waals surface area contributed by atoms with Crippen LogP contribution in [-0.4, -0.2) is 50.4 Å². The van der Waals surface area contributed by atoms with E-state index in [1.54, 1.807) is 0 Å². The van der Waals surface area contributed by atoms with Crippen LogP contribution in [0.2, 0.25) is 0 Å². The van der Waals surface area contributed by atoms with Gasteiger partial charge >= 0.3 is 48.3 Å². The molecule has 5 heavy (non-hydrogen) atoms. The van der Waals surface area contributed by atoms with Gasteiger partial charge in [-0.2, -0.15) is 0 Å². The molecule has 0 aliphatic heterocycles. The van der Waals surface area contributed by atoms with Crippen molar-refractivity contribution in [2.24, 2.45) is 0 Å². The molecule has 0 aliphatic rings. The summed E-state index contributed by atoms with van der Waals surface area (Å²) >= 11 is 0. The molecule has 0 rings (SSSR count). The Hall–Kier alpha value is 0.880. The third-order valence-electron chi connectivity index (χ3n) is 0. The minimum atomic E-state index is -3.11. The van der Waals surface area contributed by atoms with E-state index in [1.807, 2.05) is 0 Å². The van der Waals surface area contributed by atoms with E-state index in [4.69, 9.17) is 12.6 Å². The van der Waals surface area contributed by atoms with Gasteiger partial charge < -0.3 is 0 Å². The van der Waals surface area contributed by atoms with Crippen LogP contribution in [0.1, 0.15) is 0 Å². The van der Waals surface area contributed by atoms with E-state index in [9.17, 15) is 0 Å². The molecule has 0 aromatic carbocycles. The van der Waals surface area contributed by atoms with Gasteiger partial charge in [0.1, 0.15) is 0 Å². The summed E-state index contributed by atoms with van der Waals surface area (Å²) in [6.07, 6.45) is 0. The molecule has 28 valence electrons. The molecule has 0 heterocycles. The van der Waals surface area contributed by atoms with E-state index in [2.05, 4.69) is 0 Å². The van der Waals surface area contributed by atoms with Gasteiger partial charge in [0.05, 0.1) is 0 Å². The summed E-state index contributed by atoms with van der Waals surface area (Å²) in [5.74, 6) is 0. The SMILES string of the molecule is O=S(=O)=O.[CaH2]. The van der Waals surface area contributed by atoms with E-state index in [-0.39, 0.29) is 37.7 Å². The second kappa shape index (κ2) is 4.88. The Morgan fingerprint density at radius 1 is 1.00 bits per heavy atom. The number of hydrogen-bond acceptors (Lipinski definition) is 3. The monoisotopic (exact) mass is 122 g/mol. The van der Waals surface area contributed by atoms with Crippen molar-refractivity contribution >= 4 is 48.3 Å². The molecular weight excluding hydrogens is 120 g/mol. The predicted molar refractivity (Wildman–Crippen MR) is 18.2 cm³/mol. The molecular formula is H2CaO3S. The predicted octanol–water partition coefficient (Wildman–Crippen LogP) is -1.92. The van der Waals surface area contributed by atoms with Crippen molar-refractivity contribution in [3.63, 3.8) is 0 Å². The third-order valence-corrected chi connectivity index (χ3v) is 0. The molecule has 0 aromatic heterocycles. The Labute approximate surface area is 60.4 Å². The van der Waals surface area contributed by atoms with Crippen LogP contribution in [0.25, 0.3) is 0 Å². The number of hydrogen-bond donors (Lipinski definition) is 0. The molecule has 5 heteroatoms. The van der Waals surface area contributed by atoms with Crippen molar-refractivity contribution in [3.8, 4) is 0 Å². The van der Waals surface area contributed by atoms with Crippen molar-refractivity contribution in [2.45, 2.75) is 0 Å². The van der Waals surface area contributed by atoms with Gasteiger partial charge in [-0.05, 0) is 0 Å². The first-order chi connectivity index (χ1) is 1.73. The Bertz CT molecular complexity index is 76.3. The fraction of sp³-hybridized carbons (Fsp3) is 0. The molecule has 0 bridgehead atoms. The van der Waals surface area contributed by atoms with Gasteiger partial charge in [0.2, 0.25) is 0 Å². The summed E-state index contributed by atoms with van der Waals surface area (Å²) in [7, 11) is -3.11. The van der Waals surface area contributed by atoms with Gasteiger partial charge in [0.25, 0.3) is 0 Å². The van der Waals surface area contributed by atoms with Crippen molar-refractivity contribution in [2.75, 3.05) is 0 Å². The summed E-state index contributed by atoms with van der Waals surface area (Å²) in [6, 6.07) is 0. The van der Waals surface area contributed by atoms with Crippen LogP contribution >= 0.6 is 0 Å². The van der Waals surface area contributed by atoms with Gasteiger partial charge in [-0.15, -0.1) is 12.6 Å². The van der Waals surface area contributed by atoms with Crippen LogP contribution in [0.15, 0.2) is 0 Å². The van der Waals surface area contributed by atoms with Crippen molar-refractivity contribution in [1.82, 2.24) is 0 Å². The summed E-state index contributed by atoms with van der Waals surface area (Å²) in [5, 5.41) is 0. The van der Waals surface area contributed by atoms with E-state index in [0.717, 1.165) is 0 Å². The van der Waals surface area contributed by atoms with Gasteiger partial charge in [-0.1, -0.05) is 0 Å². The van der Waals surface area contributed by atoms with Crippen molar-refractivity contribution < 1.29 is 12.6 Å². The van der Waals surface area contributed by atoms with Crippen LogP contribution in [0, 0.1) is 0 Å². The van der Waals surface area contributed by atoms with Crippen LogP contribution in [0.4, 0.5) is 0 Å². The molecule has 0 amide bonds. The molecule has 0 unspecified atom stereocenters. The van der Waals surface area contributed by atoms with E-state index in [0.29, 0.717) is 0 Å².